The number of sulfonamides is 1. The maximum Gasteiger partial charge on any atom is 0.275 e. The Kier molecular flexibility index (Phi) is 3.96. The van der Waals surface area contributed by atoms with Crippen LogP contribution in [0.25, 0.3) is 0 Å². The molecule has 2 heterocycles. The number of hydrogen-bond donors (Lipinski definition) is 0. The summed E-state index contributed by atoms with van der Waals surface area (Å²) in [5.41, 5.74) is 1.61. The third-order valence-corrected chi connectivity index (χ3v) is 6.58. The van der Waals surface area contributed by atoms with Crippen molar-refractivity contribution in [2.45, 2.75) is 17.1 Å². The van der Waals surface area contributed by atoms with Crippen LogP contribution in [0, 0.1) is 0 Å². The van der Waals surface area contributed by atoms with Gasteiger partial charge in [0.1, 0.15) is 5.75 Å². The van der Waals surface area contributed by atoms with Crippen molar-refractivity contribution in [1.29, 1.82) is 0 Å². The molecule has 0 spiro atoms. The first-order valence-electron chi connectivity index (χ1n) is 6.77. The number of para-hydroxylation sites is 1. The van der Waals surface area contributed by atoms with Gasteiger partial charge in [0.25, 0.3) is 10.0 Å². The summed E-state index contributed by atoms with van der Waals surface area (Å²) in [6, 6.07) is 7.04. The predicted octanol–water partition coefficient (Wildman–Crippen LogP) is 2.30. The van der Waals surface area contributed by atoms with Crippen LogP contribution >= 0.6 is 11.5 Å². The molecule has 1 aromatic carbocycles. The van der Waals surface area contributed by atoms with E-state index >= 15 is 0 Å². The van der Waals surface area contributed by atoms with Crippen molar-refractivity contribution >= 4 is 27.2 Å². The van der Waals surface area contributed by atoms with E-state index in [1.807, 2.05) is 12.1 Å². The molecule has 0 N–H and O–H groups in total. The highest BCUT2D eigenvalue weighted by molar-refractivity contribution is 7.94. The Bertz CT molecular complexity index is 772. The van der Waals surface area contributed by atoms with Crippen LogP contribution in [-0.4, -0.2) is 33.6 Å². The quantitative estimate of drug-likeness (QED) is 0.854. The summed E-state index contributed by atoms with van der Waals surface area (Å²) >= 11 is 0.917. The molecular weight excluding hydrogens is 324 g/mol. The van der Waals surface area contributed by atoms with Crippen LogP contribution in [0.1, 0.15) is 12.0 Å². The van der Waals surface area contributed by atoms with E-state index < -0.39 is 10.0 Å². The lowest BCUT2D eigenvalue weighted by molar-refractivity contribution is 0.402. The van der Waals surface area contributed by atoms with E-state index in [9.17, 15) is 8.42 Å². The van der Waals surface area contributed by atoms with E-state index in [0.29, 0.717) is 23.9 Å². The molecule has 0 atom stereocenters. The summed E-state index contributed by atoms with van der Waals surface area (Å²) in [5.74, 6) is 0.873. The highest BCUT2D eigenvalue weighted by atomic mass is 32.2. The number of aryl methyl sites for hydroxylation is 1. The monoisotopic (exact) mass is 340 g/mol. The fourth-order valence-corrected chi connectivity index (χ4v) is 5.06. The van der Waals surface area contributed by atoms with Gasteiger partial charge in [-0.25, -0.2) is 8.42 Å². The molecule has 3 rings (SSSR count). The molecule has 1 aliphatic rings. The molecular formula is C14H16N2O4S2. The fraction of sp³-hybridized carbons (Fsp3) is 0.357. The average Bonchev–Trinajstić information content (AvgIpc) is 3.03. The van der Waals surface area contributed by atoms with Crippen LogP contribution in [0.4, 0.5) is 5.69 Å². The Hall–Kier alpha value is -1.80. The van der Waals surface area contributed by atoms with Crippen molar-refractivity contribution in [1.82, 2.24) is 4.37 Å². The van der Waals surface area contributed by atoms with Gasteiger partial charge in [-0.05, 0) is 36.0 Å². The minimum atomic E-state index is -3.67. The Balaban J connectivity index is 2.10. The normalized spacial score (nSPS) is 14.5. The molecule has 0 fully saturated rings. The van der Waals surface area contributed by atoms with Crippen LogP contribution < -0.4 is 13.8 Å². The number of hydrogen-bond acceptors (Lipinski definition) is 6. The molecule has 6 nitrogen and oxygen atoms in total. The summed E-state index contributed by atoms with van der Waals surface area (Å²) in [7, 11) is -0.659. The van der Waals surface area contributed by atoms with Crippen LogP contribution in [-0.2, 0) is 16.4 Å². The van der Waals surface area contributed by atoms with Gasteiger partial charge in [-0.2, -0.15) is 4.37 Å². The zero-order valence-electron chi connectivity index (χ0n) is 12.3. The van der Waals surface area contributed by atoms with E-state index in [4.69, 9.17) is 9.47 Å². The number of rotatable bonds is 4. The smallest absolute Gasteiger partial charge is 0.275 e. The van der Waals surface area contributed by atoms with Gasteiger partial charge >= 0.3 is 0 Å². The topological polar surface area (TPSA) is 68.7 Å². The minimum Gasteiger partial charge on any atom is -0.495 e. The Morgan fingerprint density at radius 3 is 2.77 bits per heavy atom. The molecule has 0 saturated carbocycles. The second-order valence-electron chi connectivity index (χ2n) is 4.84. The first-order chi connectivity index (χ1) is 10.6. The van der Waals surface area contributed by atoms with Crippen molar-refractivity contribution in [2.75, 3.05) is 25.1 Å². The number of fused-ring (bicyclic) bond motifs is 1. The van der Waals surface area contributed by atoms with E-state index in [0.717, 1.165) is 29.9 Å². The molecule has 1 aliphatic heterocycles. The first kappa shape index (κ1) is 15.1. The number of methoxy groups -OCH3 is 2. The van der Waals surface area contributed by atoms with Crippen LogP contribution in [0.3, 0.4) is 0 Å². The maximum atomic E-state index is 12.9. The molecule has 0 radical (unpaired) electrons. The average molecular weight is 340 g/mol. The number of anilines is 1. The second-order valence-corrected chi connectivity index (χ2v) is 7.73. The summed E-state index contributed by atoms with van der Waals surface area (Å²) in [4.78, 5) is 0. The molecule has 8 heteroatoms. The highest BCUT2D eigenvalue weighted by Gasteiger charge is 2.33. The van der Waals surface area contributed by atoms with E-state index in [1.165, 1.54) is 17.5 Å². The van der Waals surface area contributed by atoms with Crippen molar-refractivity contribution in [2.24, 2.45) is 0 Å². The maximum absolute atomic E-state index is 12.9. The van der Waals surface area contributed by atoms with Gasteiger partial charge in [0.15, 0.2) is 4.21 Å². The SMILES string of the molecule is COc1cc(S(=O)(=O)N2CCCc3cccc(OC)c32)sn1. The van der Waals surface area contributed by atoms with E-state index in [-0.39, 0.29) is 4.21 Å². The first-order valence-corrected chi connectivity index (χ1v) is 8.98. The Morgan fingerprint density at radius 1 is 1.27 bits per heavy atom. The summed E-state index contributed by atoms with van der Waals surface area (Å²) in [6.07, 6.45) is 1.61. The summed E-state index contributed by atoms with van der Waals surface area (Å²) in [5, 5.41) is 0. The number of benzene rings is 1. The van der Waals surface area contributed by atoms with Crippen molar-refractivity contribution in [3.05, 3.63) is 29.8 Å². The second kappa shape index (κ2) is 5.77. The molecule has 0 aliphatic carbocycles. The largest absolute Gasteiger partial charge is 0.495 e. The van der Waals surface area contributed by atoms with Gasteiger partial charge in [0.05, 0.1) is 19.9 Å². The highest BCUT2D eigenvalue weighted by Crippen LogP contribution is 2.40. The number of nitrogens with zero attached hydrogens (tertiary/aromatic N) is 2. The molecule has 2 aromatic rings. The lowest BCUT2D eigenvalue weighted by Crippen LogP contribution is -2.35. The molecule has 0 bridgehead atoms. The van der Waals surface area contributed by atoms with Crippen LogP contribution in [0.2, 0.25) is 0 Å². The zero-order chi connectivity index (χ0) is 15.7. The summed E-state index contributed by atoms with van der Waals surface area (Å²) < 4.78 is 41.8. The third kappa shape index (κ3) is 2.42. The van der Waals surface area contributed by atoms with Crippen molar-refractivity contribution in [3.63, 3.8) is 0 Å². The van der Waals surface area contributed by atoms with Gasteiger partial charge in [-0.3, -0.25) is 4.31 Å². The van der Waals surface area contributed by atoms with Crippen molar-refractivity contribution < 1.29 is 17.9 Å². The molecule has 0 amide bonds. The zero-order valence-corrected chi connectivity index (χ0v) is 13.9. The fourth-order valence-electron chi connectivity index (χ4n) is 2.55. The summed E-state index contributed by atoms with van der Waals surface area (Å²) in [6.45, 7) is 0.427. The molecule has 1 aromatic heterocycles. The Labute approximate surface area is 133 Å². The lowest BCUT2D eigenvalue weighted by Gasteiger charge is -2.31. The molecule has 0 unspecified atom stereocenters. The van der Waals surface area contributed by atoms with Gasteiger partial charge in [0, 0.05) is 12.6 Å². The van der Waals surface area contributed by atoms with Gasteiger partial charge < -0.3 is 9.47 Å². The molecule has 118 valence electrons. The number of ether oxygens (including phenoxy) is 2. The van der Waals surface area contributed by atoms with Crippen LogP contribution in [0.15, 0.2) is 28.5 Å². The predicted molar refractivity (Wildman–Crippen MR) is 84.5 cm³/mol. The Morgan fingerprint density at radius 2 is 2.09 bits per heavy atom. The van der Waals surface area contributed by atoms with E-state index in [1.54, 1.807) is 13.2 Å². The third-order valence-electron chi connectivity index (χ3n) is 3.58. The number of aromatic nitrogens is 1. The van der Waals surface area contributed by atoms with E-state index in [2.05, 4.69) is 4.37 Å². The minimum absolute atomic E-state index is 0.170. The molecule has 0 saturated heterocycles. The van der Waals surface area contributed by atoms with Crippen LogP contribution in [0.5, 0.6) is 11.6 Å². The van der Waals surface area contributed by atoms with Gasteiger partial charge in [-0.1, -0.05) is 12.1 Å². The standard InChI is InChI=1S/C14H16N2O4S2/c1-19-11-7-3-5-10-6-4-8-16(14(10)11)22(17,18)13-9-12(20-2)15-21-13/h3,5,7,9H,4,6,8H2,1-2H3. The van der Waals surface area contributed by atoms with Gasteiger partial charge in [-0.15, -0.1) is 0 Å². The van der Waals surface area contributed by atoms with Crippen molar-refractivity contribution in [3.8, 4) is 11.6 Å². The lowest BCUT2D eigenvalue weighted by atomic mass is 10.0. The molecule has 22 heavy (non-hydrogen) atoms. The van der Waals surface area contributed by atoms with Gasteiger partial charge in [0.2, 0.25) is 5.88 Å².